The minimum Gasteiger partial charge on any atom is -0.486 e. The summed E-state index contributed by atoms with van der Waals surface area (Å²) >= 11 is 0. The standard InChI is InChI=1S/C14H13N3O3/c1-9-7-16-11(8-15-9)14(18)17-10-2-3-12-13(6-10)20-5-4-19-12/h2-3,6-8H,4-5H2,1H3,(H,17,18). The molecule has 0 bridgehead atoms. The number of amides is 1. The van der Waals surface area contributed by atoms with Crippen molar-refractivity contribution in [2.24, 2.45) is 0 Å². The molecule has 0 unspecified atom stereocenters. The van der Waals surface area contributed by atoms with E-state index in [1.807, 2.05) is 6.92 Å². The summed E-state index contributed by atoms with van der Waals surface area (Å²) in [5.74, 6) is 1.00. The Labute approximate surface area is 115 Å². The second-order valence-electron chi connectivity index (χ2n) is 4.36. The molecule has 1 N–H and O–H groups in total. The highest BCUT2D eigenvalue weighted by molar-refractivity contribution is 6.02. The van der Waals surface area contributed by atoms with Crippen LogP contribution in [0.4, 0.5) is 5.69 Å². The SMILES string of the molecule is Cc1cnc(C(=O)Nc2ccc3c(c2)OCCO3)cn1. The molecule has 102 valence electrons. The van der Waals surface area contributed by atoms with Crippen molar-refractivity contribution >= 4 is 11.6 Å². The highest BCUT2D eigenvalue weighted by Gasteiger charge is 2.14. The van der Waals surface area contributed by atoms with Gasteiger partial charge < -0.3 is 14.8 Å². The van der Waals surface area contributed by atoms with Crippen LogP contribution in [0.1, 0.15) is 16.2 Å². The smallest absolute Gasteiger partial charge is 0.275 e. The zero-order chi connectivity index (χ0) is 13.9. The van der Waals surface area contributed by atoms with Crippen LogP contribution in [-0.4, -0.2) is 29.1 Å². The van der Waals surface area contributed by atoms with Crippen molar-refractivity contribution in [2.75, 3.05) is 18.5 Å². The summed E-state index contributed by atoms with van der Waals surface area (Å²) in [4.78, 5) is 20.1. The van der Waals surface area contributed by atoms with Crippen LogP contribution in [0.5, 0.6) is 11.5 Å². The van der Waals surface area contributed by atoms with E-state index in [0.29, 0.717) is 30.4 Å². The monoisotopic (exact) mass is 271 g/mol. The van der Waals surface area contributed by atoms with Gasteiger partial charge in [0.05, 0.1) is 11.9 Å². The van der Waals surface area contributed by atoms with E-state index < -0.39 is 0 Å². The van der Waals surface area contributed by atoms with Crippen LogP contribution in [0.2, 0.25) is 0 Å². The average Bonchev–Trinajstić information content (AvgIpc) is 2.48. The lowest BCUT2D eigenvalue weighted by Crippen LogP contribution is -2.17. The van der Waals surface area contributed by atoms with Crippen molar-refractivity contribution in [3.05, 3.63) is 42.0 Å². The number of hydrogen-bond donors (Lipinski definition) is 1. The Kier molecular flexibility index (Phi) is 3.20. The van der Waals surface area contributed by atoms with Crippen molar-refractivity contribution in [1.82, 2.24) is 9.97 Å². The van der Waals surface area contributed by atoms with E-state index in [4.69, 9.17) is 9.47 Å². The first-order valence-electron chi connectivity index (χ1n) is 6.22. The Morgan fingerprint density at radius 1 is 1.15 bits per heavy atom. The molecular weight excluding hydrogens is 258 g/mol. The molecule has 2 heterocycles. The molecule has 0 aliphatic carbocycles. The Bertz CT molecular complexity index is 641. The first kappa shape index (κ1) is 12.4. The molecule has 1 aliphatic heterocycles. The number of benzene rings is 1. The number of aryl methyl sites for hydroxylation is 1. The lowest BCUT2D eigenvalue weighted by Gasteiger charge is -2.18. The van der Waals surface area contributed by atoms with E-state index in [1.165, 1.54) is 6.20 Å². The van der Waals surface area contributed by atoms with Crippen LogP contribution < -0.4 is 14.8 Å². The van der Waals surface area contributed by atoms with Gasteiger partial charge in [-0.1, -0.05) is 0 Å². The fraction of sp³-hybridized carbons (Fsp3) is 0.214. The Morgan fingerprint density at radius 3 is 2.70 bits per heavy atom. The maximum absolute atomic E-state index is 12.0. The number of ether oxygens (including phenoxy) is 2. The molecule has 6 nitrogen and oxygen atoms in total. The molecule has 20 heavy (non-hydrogen) atoms. The van der Waals surface area contributed by atoms with Gasteiger partial charge in [-0.2, -0.15) is 0 Å². The van der Waals surface area contributed by atoms with Crippen molar-refractivity contribution in [1.29, 1.82) is 0 Å². The third kappa shape index (κ3) is 2.54. The predicted octanol–water partition coefficient (Wildman–Crippen LogP) is 1.81. The summed E-state index contributed by atoms with van der Waals surface area (Å²) in [5, 5.41) is 2.75. The Balaban J connectivity index is 1.77. The molecule has 0 saturated heterocycles. The number of nitrogens with zero attached hydrogens (tertiary/aromatic N) is 2. The highest BCUT2D eigenvalue weighted by atomic mass is 16.6. The maximum atomic E-state index is 12.0. The predicted molar refractivity (Wildman–Crippen MR) is 72.2 cm³/mol. The van der Waals surface area contributed by atoms with Crippen LogP contribution in [0, 0.1) is 6.92 Å². The van der Waals surface area contributed by atoms with E-state index in [1.54, 1.807) is 24.4 Å². The van der Waals surface area contributed by atoms with Gasteiger partial charge in [0.1, 0.15) is 18.9 Å². The molecule has 0 atom stereocenters. The molecule has 1 aliphatic rings. The third-order valence-electron chi connectivity index (χ3n) is 2.81. The molecule has 6 heteroatoms. The first-order valence-corrected chi connectivity index (χ1v) is 6.22. The number of rotatable bonds is 2. The normalized spacial score (nSPS) is 12.8. The molecule has 2 aromatic rings. The minimum absolute atomic E-state index is 0.269. The molecule has 1 aromatic carbocycles. The van der Waals surface area contributed by atoms with Gasteiger partial charge in [-0.05, 0) is 19.1 Å². The summed E-state index contributed by atoms with van der Waals surface area (Å²) in [6, 6.07) is 5.26. The van der Waals surface area contributed by atoms with Crippen molar-refractivity contribution in [3.63, 3.8) is 0 Å². The van der Waals surface area contributed by atoms with Crippen LogP contribution in [-0.2, 0) is 0 Å². The molecule has 1 amide bonds. The van der Waals surface area contributed by atoms with Gasteiger partial charge in [-0.25, -0.2) is 4.98 Å². The van der Waals surface area contributed by atoms with E-state index >= 15 is 0 Å². The summed E-state index contributed by atoms with van der Waals surface area (Å²) in [6.45, 7) is 2.86. The largest absolute Gasteiger partial charge is 0.486 e. The van der Waals surface area contributed by atoms with E-state index in [-0.39, 0.29) is 11.6 Å². The first-order chi connectivity index (χ1) is 9.72. The molecular formula is C14H13N3O3. The highest BCUT2D eigenvalue weighted by Crippen LogP contribution is 2.32. The van der Waals surface area contributed by atoms with E-state index in [9.17, 15) is 4.79 Å². The van der Waals surface area contributed by atoms with Gasteiger partial charge in [0.2, 0.25) is 0 Å². The van der Waals surface area contributed by atoms with Crippen LogP contribution in [0.25, 0.3) is 0 Å². The minimum atomic E-state index is -0.311. The van der Waals surface area contributed by atoms with Gasteiger partial charge in [0.25, 0.3) is 5.91 Å². The molecule has 0 radical (unpaired) electrons. The number of aromatic nitrogens is 2. The molecule has 0 saturated carbocycles. The fourth-order valence-electron chi connectivity index (χ4n) is 1.83. The number of nitrogens with one attached hydrogen (secondary N) is 1. The molecule has 0 spiro atoms. The van der Waals surface area contributed by atoms with Crippen molar-refractivity contribution in [2.45, 2.75) is 6.92 Å². The van der Waals surface area contributed by atoms with Crippen LogP contribution in [0.3, 0.4) is 0 Å². The van der Waals surface area contributed by atoms with Gasteiger partial charge in [0.15, 0.2) is 11.5 Å². The zero-order valence-electron chi connectivity index (χ0n) is 10.9. The number of carbonyl (C=O) groups is 1. The van der Waals surface area contributed by atoms with Gasteiger partial charge >= 0.3 is 0 Å². The Morgan fingerprint density at radius 2 is 1.95 bits per heavy atom. The quantitative estimate of drug-likeness (QED) is 0.901. The summed E-state index contributed by atoms with van der Waals surface area (Å²) in [5.41, 5.74) is 1.66. The number of fused-ring (bicyclic) bond motifs is 1. The number of carbonyl (C=O) groups excluding carboxylic acids is 1. The van der Waals surface area contributed by atoms with Crippen LogP contribution in [0.15, 0.2) is 30.6 Å². The number of hydrogen-bond acceptors (Lipinski definition) is 5. The maximum Gasteiger partial charge on any atom is 0.275 e. The lowest BCUT2D eigenvalue weighted by molar-refractivity contribution is 0.102. The van der Waals surface area contributed by atoms with Crippen molar-refractivity contribution in [3.8, 4) is 11.5 Å². The van der Waals surface area contributed by atoms with Gasteiger partial charge in [0, 0.05) is 18.0 Å². The van der Waals surface area contributed by atoms with E-state index in [0.717, 1.165) is 5.69 Å². The topological polar surface area (TPSA) is 73.3 Å². The second kappa shape index (κ2) is 5.16. The van der Waals surface area contributed by atoms with Gasteiger partial charge in [-0.3, -0.25) is 9.78 Å². The zero-order valence-corrected chi connectivity index (χ0v) is 10.9. The fourth-order valence-corrected chi connectivity index (χ4v) is 1.83. The second-order valence-corrected chi connectivity index (χ2v) is 4.36. The average molecular weight is 271 g/mol. The van der Waals surface area contributed by atoms with E-state index in [2.05, 4.69) is 15.3 Å². The summed E-state index contributed by atoms with van der Waals surface area (Å²) < 4.78 is 10.9. The third-order valence-corrected chi connectivity index (χ3v) is 2.81. The Hall–Kier alpha value is -2.63. The molecule has 1 aromatic heterocycles. The number of anilines is 1. The summed E-state index contributed by atoms with van der Waals surface area (Å²) in [6.07, 6.45) is 3.00. The van der Waals surface area contributed by atoms with Crippen LogP contribution >= 0.6 is 0 Å². The van der Waals surface area contributed by atoms with Crippen molar-refractivity contribution < 1.29 is 14.3 Å². The molecule has 0 fully saturated rings. The lowest BCUT2D eigenvalue weighted by atomic mass is 10.2. The van der Waals surface area contributed by atoms with Gasteiger partial charge in [-0.15, -0.1) is 0 Å². The summed E-state index contributed by atoms with van der Waals surface area (Å²) in [7, 11) is 0. The molecule has 3 rings (SSSR count).